The Kier molecular flexibility index (Phi) is 6.37. The van der Waals surface area contributed by atoms with Crippen LogP contribution in [0.1, 0.15) is 37.1 Å². The average Bonchev–Trinajstić information content (AvgIpc) is 3.52. The molecule has 2 aromatic heterocycles. The summed E-state index contributed by atoms with van der Waals surface area (Å²) in [5.41, 5.74) is 8.33. The van der Waals surface area contributed by atoms with Crippen LogP contribution in [0.25, 0.3) is 60.8 Å². The standard InChI is InChI=1S/C44H31N3O2/c1-3-12-28(13-4-1)36-27-37(29-14-5-2-6-15-29)46-44(45-36)32-18-11-19-33(24-32)47-38-21-10-9-20-34(38)35-22-23-39-43(42(35)47)49-41-26-31-17-8-7-16-30(31)25-40(41)48-39/h1,3,5,7-12,14-27H,2,4,6,13H2. The van der Waals surface area contributed by atoms with E-state index in [0.29, 0.717) is 23.1 Å². The summed E-state index contributed by atoms with van der Waals surface area (Å²) in [5.74, 6) is 3.54. The van der Waals surface area contributed by atoms with Crippen LogP contribution in [0.5, 0.6) is 23.0 Å². The van der Waals surface area contributed by atoms with E-state index in [-0.39, 0.29) is 0 Å². The molecule has 5 heteroatoms. The molecule has 0 atom stereocenters. The highest BCUT2D eigenvalue weighted by atomic mass is 16.6. The van der Waals surface area contributed by atoms with E-state index in [0.717, 1.165) is 92.2 Å². The zero-order chi connectivity index (χ0) is 32.3. The number of rotatable bonds is 4. The van der Waals surface area contributed by atoms with Crippen molar-refractivity contribution in [1.82, 2.24) is 14.5 Å². The minimum Gasteiger partial charge on any atom is -0.449 e. The first-order chi connectivity index (χ1) is 24.3. The van der Waals surface area contributed by atoms with Gasteiger partial charge in [0.15, 0.2) is 28.8 Å². The Morgan fingerprint density at radius 2 is 1.47 bits per heavy atom. The van der Waals surface area contributed by atoms with Crippen molar-refractivity contribution >= 4 is 43.7 Å². The Morgan fingerprint density at radius 1 is 0.633 bits per heavy atom. The van der Waals surface area contributed by atoms with Crippen LogP contribution >= 0.6 is 0 Å². The van der Waals surface area contributed by atoms with Gasteiger partial charge in [0.05, 0.1) is 16.9 Å². The maximum Gasteiger partial charge on any atom is 0.194 e. The summed E-state index contributed by atoms with van der Waals surface area (Å²) in [6.07, 6.45) is 17.3. The summed E-state index contributed by atoms with van der Waals surface area (Å²) in [5, 5.41) is 4.46. The van der Waals surface area contributed by atoms with Gasteiger partial charge in [0, 0.05) is 22.0 Å². The molecule has 234 valence electrons. The van der Waals surface area contributed by atoms with E-state index in [4.69, 9.17) is 19.4 Å². The topological polar surface area (TPSA) is 49.2 Å². The Bertz CT molecular complexity index is 2620. The van der Waals surface area contributed by atoms with Gasteiger partial charge in [0.2, 0.25) is 0 Å². The van der Waals surface area contributed by atoms with Crippen molar-refractivity contribution in [2.75, 3.05) is 0 Å². The molecule has 0 saturated heterocycles. The molecule has 3 heterocycles. The highest BCUT2D eigenvalue weighted by molar-refractivity contribution is 6.12. The lowest BCUT2D eigenvalue weighted by Crippen LogP contribution is -2.03. The largest absolute Gasteiger partial charge is 0.449 e. The average molecular weight is 634 g/mol. The molecule has 0 N–H and O–H groups in total. The second-order valence-corrected chi connectivity index (χ2v) is 12.8. The third-order valence-electron chi connectivity index (χ3n) is 9.72. The molecule has 1 aliphatic heterocycles. The van der Waals surface area contributed by atoms with Gasteiger partial charge in [0.25, 0.3) is 0 Å². The van der Waals surface area contributed by atoms with Crippen molar-refractivity contribution in [3.63, 3.8) is 0 Å². The zero-order valence-corrected chi connectivity index (χ0v) is 26.8. The molecule has 0 radical (unpaired) electrons. The molecule has 0 bridgehead atoms. The normalized spacial score (nSPS) is 15.0. The Morgan fingerprint density at radius 3 is 2.31 bits per heavy atom. The van der Waals surface area contributed by atoms with E-state index in [1.54, 1.807) is 0 Å². The fourth-order valence-electron chi connectivity index (χ4n) is 7.33. The molecule has 5 aromatic carbocycles. The predicted octanol–water partition coefficient (Wildman–Crippen LogP) is 11.8. The fraction of sp³-hybridized carbons (Fsp3) is 0.0909. The van der Waals surface area contributed by atoms with Gasteiger partial charge in [-0.2, -0.15) is 0 Å². The van der Waals surface area contributed by atoms with E-state index in [9.17, 15) is 0 Å². The fourth-order valence-corrected chi connectivity index (χ4v) is 7.33. The first-order valence-electron chi connectivity index (χ1n) is 16.9. The second-order valence-electron chi connectivity index (χ2n) is 12.8. The summed E-state index contributed by atoms with van der Waals surface area (Å²) in [4.78, 5) is 10.3. The van der Waals surface area contributed by atoms with Gasteiger partial charge in [-0.1, -0.05) is 91.1 Å². The predicted molar refractivity (Wildman–Crippen MR) is 199 cm³/mol. The first kappa shape index (κ1) is 27.9. The van der Waals surface area contributed by atoms with Crippen LogP contribution in [0.3, 0.4) is 0 Å². The number of ether oxygens (including phenoxy) is 2. The van der Waals surface area contributed by atoms with Crippen LogP contribution in [-0.4, -0.2) is 14.5 Å². The van der Waals surface area contributed by atoms with Crippen molar-refractivity contribution in [3.05, 3.63) is 151 Å². The Hall–Kier alpha value is -6.20. The van der Waals surface area contributed by atoms with Crippen molar-refractivity contribution < 1.29 is 9.47 Å². The van der Waals surface area contributed by atoms with Crippen molar-refractivity contribution in [3.8, 4) is 40.1 Å². The van der Waals surface area contributed by atoms with Gasteiger partial charge in [-0.25, -0.2) is 9.97 Å². The third kappa shape index (κ3) is 4.69. The summed E-state index contributed by atoms with van der Waals surface area (Å²) in [6, 6.07) is 35.8. The number of hydrogen-bond acceptors (Lipinski definition) is 4. The number of benzene rings is 5. The SMILES string of the molecule is C1=CCCC(c2cc(C3=CCCC=C3)nc(-c3cccc(-n4c5ccccc5c5ccc6c(c54)Oc4cc5ccccc5cc4O6)c3)n2)=C1. The molecule has 0 unspecified atom stereocenters. The highest BCUT2D eigenvalue weighted by Gasteiger charge is 2.26. The van der Waals surface area contributed by atoms with Gasteiger partial charge in [-0.05, 0) is 96.1 Å². The number of allylic oxidation sites excluding steroid dienone is 8. The van der Waals surface area contributed by atoms with Crippen LogP contribution in [0, 0.1) is 0 Å². The molecule has 5 nitrogen and oxygen atoms in total. The minimum absolute atomic E-state index is 0.694. The summed E-state index contributed by atoms with van der Waals surface area (Å²) in [6.45, 7) is 0. The van der Waals surface area contributed by atoms with Crippen LogP contribution in [0.2, 0.25) is 0 Å². The lowest BCUT2D eigenvalue weighted by molar-refractivity contribution is 0.363. The molecule has 0 spiro atoms. The maximum absolute atomic E-state index is 6.78. The highest BCUT2D eigenvalue weighted by Crippen LogP contribution is 2.51. The van der Waals surface area contributed by atoms with Crippen LogP contribution in [0.15, 0.2) is 140 Å². The van der Waals surface area contributed by atoms with Crippen molar-refractivity contribution in [2.45, 2.75) is 25.7 Å². The number of fused-ring (bicyclic) bond motifs is 7. The summed E-state index contributed by atoms with van der Waals surface area (Å²) >= 11 is 0. The minimum atomic E-state index is 0.694. The van der Waals surface area contributed by atoms with Crippen LogP contribution in [-0.2, 0) is 0 Å². The van der Waals surface area contributed by atoms with Gasteiger partial charge < -0.3 is 14.0 Å². The molecule has 10 rings (SSSR count). The number of nitrogens with zero attached hydrogens (tertiary/aromatic N) is 3. The molecule has 0 fully saturated rings. The molecule has 3 aliphatic rings. The van der Waals surface area contributed by atoms with E-state index >= 15 is 0 Å². The molecule has 0 amide bonds. The molecule has 0 saturated carbocycles. The van der Waals surface area contributed by atoms with E-state index in [1.807, 2.05) is 18.2 Å². The first-order valence-corrected chi connectivity index (χ1v) is 16.9. The third-order valence-corrected chi connectivity index (χ3v) is 9.72. The molecule has 7 aromatic rings. The van der Waals surface area contributed by atoms with Gasteiger partial charge in [-0.3, -0.25) is 0 Å². The van der Waals surface area contributed by atoms with Crippen LogP contribution < -0.4 is 9.47 Å². The molecular weight excluding hydrogens is 603 g/mol. The van der Waals surface area contributed by atoms with E-state index < -0.39 is 0 Å². The van der Waals surface area contributed by atoms with E-state index in [1.165, 1.54) is 5.57 Å². The quantitative estimate of drug-likeness (QED) is 0.193. The van der Waals surface area contributed by atoms with Crippen LogP contribution in [0.4, 0.5) is 0 Å². The monoisotopic (exact) mass is 633 g/mol. The van der Waals surface area contributed by atoms with Gasteiger partial charge >= 0.3 is 0 Å². The number of hydrogen-bond donors (Lipinski definition) is 0. The van der Waals surface area contributed by atoms with Crippen molar-refractivity contribution in [2.24, 2.45) is 0 Å². The van der Waals surface area contributed by atoms with Crippen molar-refractivity contribution in [1.29, 1.82) is 0 Å². The molecule has 49 heavy (non-hydrogen) atoms. The van der Waals surface area contributed by atoms with E-state index in [2.05, 4.69) is 126 Å². The van der Waals surface area contributed by atoms with Gasteiger partial charge in [-0.15, -0.1) is 0 Å². The summed E-state index contributed by atoms with van der Waals surface area (Å²) < 4.78 is 15.6. The number of para-hydroxylation sites is 1. The maximum atomic E-state index is 6.78. The Balaban J connectivity index is 1.16. The summed E-state index contributed by atoms with van der Waals surface area (Å²) in [7, 11) is 0. The zero-order valence-electron chi connectivity index (χ0n) is 26.8. The second kappa shape index (κ2) is 11.2. The molecular formula is C44H31N3O2. The number of aromatic nitrogens is 3. The lowest BCUT2D eigenvalue weighted by Gasteiger charge is -2.23. The van der Waals surface area contributed by atoms with Gasteiger partial charge in [0.1, 0.15) is 5.52 Å². The Labute approximate surface area is 283 Å². The molecule has 2 aliphatic carbocycles. The smallest absolute Gasteiger partial charge is 0.194 e. The lowest BCUT2D eigenvalue weighted by atomic mass is 9.98.